The Kier molecular flexibility index (Phi) is 16.1. The number of para-hydroxylation sites is 2. The molecule has 4 aliphatic rings. The number of aldehydes is 1. The zero-order valence-electron chi connectivity index (χ0n) is 38.3. The first-order chi connectivity index (χ1) is 33.1. The van der Waals surface area contributed by atoms with Crippen molar-refractivity contribution in [3.63, 3.8) is 0 Å². The second kappa shape index (κ2) is 22.0. The predicted octanol–water partition coefficient (Wildman–Crippen LogP) is 12.4. The zero-order valence-corrected chi connectivity index (χ0v) is 42.8. The Bertz CT molecular complexity index is 2870. The Morgan fingerprint density at radius 1 is 0.551 bits per heavy atom. The highest BCUT2D eigenvalue weighted by molar-refractivity contribution is 6.41. The molecule has 6 aromatic rings. The highest BCUT2D eigenvalue weighted by atomic mass is 35.5. The average Bonchev–Trinajstić information content (AvgIpc) is 3.28. The zero-order chi connectivity index (χ0) is 49.1. The molecule has 0 unspecified atom stereocenters. The average molecular weight is 1050 g/mol. The lowest BCUT2D eigenvalue weighted by Gasteiger charge is -2.43. The number of hydrogen-bond acceptors (Lipinski definition) is 7. The Balaban J connectivity index is 0.000000165. The fourth-order valence-corrected chi connectivity index (χ4v) is 10.2. The van der Waals surface area contributed by atoms with E-state index < -0.39 is 0 Å². The molecule has 69 heavy (non-hydrogen) atoms. The van der Waals surface area contributed by atoms with Crippen molar-refractivity contribution in [2.75, 3.05) is 64.2 Å². The van der Waals surface area contributed by atoms with Gasteiger partial charge in [-0.2, -0.15) is 0 Å². The van der Waals surface area contributed by atoms with Gasteiger partial charge >= 0.3 is 12.1 Å². The fraction of sp³-hybridized carbons (Fsp3) is 0.250. The van der Waals surface area contributed by atoms with Crippen molar-refractivity contribution in [2.45, 2.75) is 31.7 Å². The van der Waals surface area contributed by atoms with Gasteiger partial charge in [0, 0.05) is 95.8 Å². The van der Waals surface area contributed by atoms with E-state index in [4.69, 9.17) is 69.6 Å². The highest BCUT2D eigenvalue weighted by Gasteiger charge is 2.34. The summed E-state index contributed by atoms with van der Waals surface area (Å²) in [6.45, 7) is 5.81. The summed E-state index contributed by atoms with van der Waals surface area (Å²) in [4.78, 5) is 47.4. The van der Waals surface area contributed by atoms with Gasteiger partial charge in [-0.15, -0.1) is 0 Å². The number of nitrogens with one attached hydrogen (secondary N) is 3. The molecule has 0 bridgehead atoms. The first-order valence-corrected chi connectivity index (χ1v) is 24.5. The number of carbonyl (C=O) groups is 3. The molecule has 3 N–H and O–H groups in total. The number of halogens is 6. The Hall–Kier alpha value is -4.89. The van der Waals surface area contributed by atoms with Crippen molar-refractivity contribution in [3.05, 3.63) is 162 Å². The fourth-order valence-electron chi connectivity index (χ4n) is 8.61. The summed E-state index contributed by atoms with van der Waals surface area (Å²) in [6, 6.07) is 33.8. The maximum absolute atomic E-state index is 13.2. The Morgan fingerprint density at radius 2 is 0.986 bits per heavy atom. The summed E-state index contributed by atoms with van der Waals surface area (Å²) in [7, 11) is 8.46. The number of nitrogens with zero attached hydrogens (tertiary/aromatic N) is 5. The maximum atomic E-state index is 13.2. The van der Waals surface area contributed by atoms with Gasteiger partial charge in [-0.3, -0.25) is 19.5 Å². The lowest BCUT2D eigenvalue weighted by atomic mass is 9.93. The molecule has 4 amide bonds. The SMILES string of the molecule is CN(C)C1CN(Cc2cc(-c3ccccc3Cl)c3c(c2)N(c2c(Cl)cccc2Cl)C(=O)NC3)C1.CN(C)C1CNC1.O=Cc1cc(-c2ccccc2Cl)c2c(c1)N(c1c(Cl)cccc1Cl)C(=O)NC2. The smallest absolute Gasteiger partial charge is 0.326 e. The van der Waals surface area contributed by atoms with E-state index in [0.29, 0.717) is 65.3 Å². The minimum absolute atomic E-state index is 0.263. The molecule has 2 saturated heterocycles. The van der Waals surface area contributed by atoms with Gasteiger partial charge in [0.15, 0.2) is 0 Å². The van der Waals surface area contributed by atoms with Gasteiger partial charge in [-0.1, -0.05) is 118 Å². The minimum atomic E-state index is -0.379. The van der Waals surface area contributed by atoms with Gasteiger partial charge in [-0.25, -0.2) is 9.59 Å². The molecule has 0 atom stereocenters. The van der Waals surface area contributed by atoms with Gasteiger partial charge in [0.05, 0.1) is 42.8 Å². The maximum Gasteiger partial charge on any atom is 0.326 e. The predicted molar refractivity (Wildman–Crippen MR) is 284 cm³/mol. The number of likely N-dealkylation sites (tertiary alicyclic amines) is 1. The lowest BCUT2D eigenvalue weighted by Crippen LogP contribution is -2.56. The van der Waals surface area contributed by atoms with E-state index in [1.807, 2.05) is 42.5 Å². The van der Waals surface area contributed by atoms with E-state index in [9.17, 15) is 14.4 Å². The van der Waals surface area contributed by atoms with Crippen LogP contribution in [-0.2, 0) is 19.6 Å². The third kappa shape index (κ3) is 10.9. The molecule has 0 aliphatic carbocycles. The minimum Gasteiger partial charge on any atom is -0.333 e. The summed E-state index contributed by atoms with van der Waals surface area (Å²) < 4.78 is 0. The number of amides is 4. The number of carbonyl (C=O) groups excluding carboxylic acids is 3. The van der Waals surface area contributed by atoms with Crippen LogP contribution < -0.4 is 25.8 Å². The third-order valence-corrected chi connectivity index (χ3v) is 14.5. The largest absolute Gasteiger partial charge is 0.333 e. The van der Waals surface area contributed by atoms with Crippen LogP contribution in [0.3, 0.4) is 0 Å². The number of likely N-dealkylation sites (N-methyl/N-ethyl adjacent to an activating group) is 2. The van der Waals surface area contributed by atoms with Crippen LogP contribution in [0, 0.1) is 0 Å². The summed E-state index contributed by atoms with van der Waals surface area (Å²) in [5.41, 5.74) is 8.91. The third-order valence-electron chi connectivity index (χ3n) is 12.6. The monoisotopic (exact) mass is 1040 g/mol. The van der Waals surface area contributed by atoms with Crippen LogP contribution in [-0.4, -0.2) is 99.5 Å². The molecular weight excluding hydrogens is 997 g/mol. The van der Waals surface area contributed by atoms with Crippen LogP contribution >= 0.6 is 69.6 Å². The molecule has 11 nitrogen and oxygen atoms in total. The van der Waals surface area contributed by atoms with Crippen molar-refractivity contribution in [3.8, 4) is 22.3 Å². The number of benzene rings is 6. The topological polar surface area (TPSA) is 104 Å². The van der Waals surface area contributed by atoms with E-state index in [0.717, 1.165) is 76.6 Å². The first kappa shape index (κ1) is 50.5. The summed E-state index contributed by atoms with van der Waals surface area (Å²) >= 11 is 38.8. The molecule has 0 spiro atoms. The molecule has 358 valence electrons. The molecule has 0 aromatic heterocycles. The van der Waals surface area contributed by atoms with Gasteiger partial charge in [0.25, 0.3) is 0 Å². The second-order valence-corrected chi connectivity index (χ2v) is 19.9. The standard InChI is InChI=1S/C26H25Cl3N4O.C21H13Cl3N2O2.C5H12N2/c1-31(2)17-14-32(15-17)13-16-10-19(18-6-3-4-7-21(18)27)20-12-30-26(34)33(24(20)11-16)25-22(28)8-5-9-23(25)29;22-16-5-2-1-4-13(16)14-8-12(11-27)9-19-15(14)10-25-21(28)26(19)20-17(23)6-3-7-18(20)24;1-7(2)5-3-6-4-5/h3-11,17H,12-15H2,1-2H3,(H,30,34);1-9,11H,10H2,(H,25,28);5-6H,3-4H2,1-2H3. The van der Waals surface area contributed by atoms with Gasteiger partial charge in [-0.05, 0) is 106 Å². The van der Waals surface area contributed by atoms with Crippen molar-refractivity contribution in [1.82, 2.24) is 30.7 Å². The van der Waals surface area contributed by atoms with E-state index in [-0.39, 0.29) is 18.6 Å². The van der Waals surface area contributed by atoms with Crippen molar-refractivity contribution < 1.29 is 14.4 Å². The number of anilines is 4. The number of fused-ring (bicyclic) bond motifs is 2. The first-order valence-electron chi connectivity index (χ1n) is 22.2. The van der Waals surface area contributed by atoms with E-state index in [2.05, 4.69) is 71.0 Å². The summed E-state index contributed by atoms with van der Waals surface area (Å²) in [5.74, 6) is 0. The van der Waals surface area contributed by atoms with Crippen LogP contribution in [0.2, 0.25) is 30.1 Å². The molecule has 0 radical (unpaired) electrons. The van der Waals surface area contributed by atoms with Crippen molar-refractivity contribution in [2.24, 2.45) is 0 Å². The summed E-state index contributed by atoms with van der Waals surface area (Å²) in [5, 5.41) is 11.7. The summed E-state index contributed by atoms with van der Waals surface area (Å²) in [6.07, 6.45) is 0.736. The highest BCUT2D eigenvalue weighted by Crippen LogP contribution is 2.47. The van der Waals surface area contributed by atoms with E-state index in [1.54, 1.807) is 59.5 Å². The molecule has 17 heteroatoms. The molecular formula is C52H50Cl6N8O3. The van der Waals surface area contributed by atoms with Gasteiger partial charge in [0.1, 0.15) is 6.29 Å². The van der Waals surface area contributed by atoms with E-state index in [1.165, 1.54) is 18.0 Å². The van der Waals surface area contributed by atoms with E-state index >= 15 is 0 Å². The molecule has 10 rings (SSSR count). The lowest BCUT2D eigenvalue weighted by molar-refractivity contribution is 0.0574. The van der Waals surface area contributed by atoms with Crippen LogP contribution in [0.4, 0.5) is 32.3 Å². The molecule has 4 heterocycles. The van der Waals surface area contributed by atoms with Crippen LogP contribution in [0.25, 0.3) is 22.3 Å². The quantitative estimate of drug-likeness (QED) is 0.124. The van der Waals surface area contributed by atoms with Gasteiger partial charge in [0.2, 0.25) is 0 Å². The van der Waals surface area contributed by atoms with Crippen LogP contribution in [0.1, 0.15) is 27.0 Å². The number of rotatable bonds is 9. The molecule has 0 saturated carbocycles. The normalized spacial score (nSPS) is 15.7. The molecule has 4 aliphatic heterocycles. The van der Waals surface area contributed by atoms with Crippen LogP contribution in [0.5, 0.6) is 0 Å². The second-order valence-electron chi connectivity index (χ2n) is 17.5. The number of hydrogen-bond donors (Lipinski definition) is 3. The van der Waals surface area contributed by atoms with Crippen molar-refractivity contribution >= 4 is 111 Å². The Morgan fingerprint density at radius 3 is 1.39 bits per heavy atom. The van der Waals surface area contributed by atoms with Gasteiger partial charge < -0.3 is 25.8 Å². The Labute approximate surface area is 432 Å². The van der Waals surface area contributed by atoms with Crippen molar-refractivity contribution in [1.29, 1.82) is 0 Å². The molecule has 6 aromatic carbocycles. The number of urea groups is 2. The molecule has 2 fully saturated rings. The van der Waals surface area contributed by atoms with Crippen LogP contribution in [0.15, 0.2) is 109 Å².